The summed E-state index contributed by atoms with van der Waals surface area (Å²) in [6.45, 7) is 0.0973. The van der Waals surface area contributed by atoms with Crippen LogP contribution in [0.1, 0.15) is 27.9 Å². The Hall–Kier alpha value is -4.06. The number of rotatable bonds is 8. The number of esters is 1. The van der Waals surface area contributed by atoms with Crippen molar-refractivity contribution in [2.24, 2.45) is 5.92 Å². The van der Waals surface area contributed by atoms with Gasteiger partial charge < -0.3 is 19.9 Å². The van der Waals surface area contributed by atoms with Crippen molar-refractivity contribution >= 4 is 22.7 Å². The van der Waals surface area contributed by atoms with Crippen LogP contribution in [0.3, 0.4) is 0 Å². The van der Waals surface area contributed by atoms with Gasteiger partial charge in [0.15, 0.2) is 5.78 Å². The molecule has 1 aromatic heterocycles. The normalized spacial score (nSPS) is 11.9. The van der Waals surface area contributed by atoms with Gasteiger partial charge in [-0.3, -0.25) is 9.59 Å². The fourth-order valence-corrected chi connectivity index (χ4v) is 3.79. The average Bonchev–Trinajstić information content (AvgIpc) is 3.20. The second-order valence-corrected chi connectivity index (χ2v) is 7.65. The SMILES string of the molecule is O=C(C[C@@H](Cc1c[nH]c2ccccc12)C(=O)OCc1ccccc1)c1c(O)cccc1O. The largest absolute Gasteiger partial charge is 0.507 e. The van der Waals surface area contributed by atoms with Crippen LogP contribution in [0.5, 0.6) is 11.5 Å². The molecule has 162 valence electrons. The lowest BCUT2D eigenvalue weighted by Gasteiger charge is -2.16. The number of aromatic amines is 1. The van der Waals surface area contributed by atoms with Gasteiger partial charge in [0.25, 0.3) is 0 Å². The maximum Gasteiger partial charge on any atom is 0.310 e. The Balaban J connectivity index is 1.58. The number of aromatic nitrogens is 1. The first kappa shape index (κ1) is 21.2. The molecule has 0 saturated heterocycles. The molecule has 0 spiro atoms. The van der Waals surface area contributed by atoms with Crippen molar-refractivity contribution in [3.63, 3.8) is 0 Å². The van der Waals surface area contributed by atoms with Crippen LogP contribution in [0.15, 0.2) is 79.0 Å². The number of Topliss-reactive ketones (excluding diaryl/α,β-unsaturated/α-hetero) is 1. The van der Waals surface area contributed by atoms with Crippen LogP contribution < -0.4 is 0 Å². The Morgan fingerprint density at radius 1 is 0.875 bits per heavy atom. The average molecular weight is 429 g/mol. The molecule has 0 aliphatic rings. The number of carbonyl (C=O) groups is 2. The number of hydrogen-bond donors (Lipinski definition) is 3. The fourth-order valence-electron chi connectivity index (χ4n) is 3.79. The minimum Gasteiger partial charge on any atom is -0.507 e. The number of ether oxygens (including phenoxy) is 1. The van der Waals surface area contributed by atoms with Gasteiger partial charge in [0.2, 0.25) is 0 Å². The third kappa shape index (κ3) is 4.64. The molecule has 4 rings (SSSR count). The first-order valence-electron chi connectivity index (χ1n) is 10.3. The van der Waals surface area contributed by atoms with Crippen molar-refractivity contribution in [3.05, 3.63) is 95.7 Å². The van der Waals surface area contributed by atoms with E-state index in [0.717, 1.165) is 22.0 Å². The molecule has 6 heteroatoms. The highest BCUT2D eigenvalue weighted by Gasteiger charge is 2.28. The number of aromatic hydroxyl groups is 2. The van der Waals surface area contributed by atoms with Gasteiger partial charge in [-0.15, -0.1) is 0 Å². The van der Waals surface area contributed by atoms with Gasteiger partial charge in [0, 0.05) is 23.5 Å². The van der Waals surface area contributed by atoms with E-state index in [9.17, 15) is 19.8 Å². The minimum absolute atomic E-state index is 0.0973. The second-order valence-electron chi connectivity index (χ2n) is 7.65. The number of fused-ring (bicyclic) bond motifs is 1. The van der Waals surface area contributed by atoms with Crippen LogP contribution in [0, 0.1) is 5.92 Å². The van der Waals surface area contributed by atoms with Crippen molar-refractivity contribution in [2.75, 3.05) is 0 Å². The van der Waals surface area contributed by atoms with Crippen LogP contribution in [-0.2, 0) is 22.6 Å². The number of H-pyrrole nitrogens is 1. The molecule has 0 saturated carbocycles. The lowest BCUT2D eigenvalue weighted by Crippen LogP contribution is -2.23. The van der Waals surface area contributed by atoms with Crippen LogP contribution in [-0.4, -0.2) is 26.9 Å². The van der Waals surface area contributed by atoms with E-state index in [2.05, 4.69) is 4.98 Å². The number of ketones is 1. The van der Waals surface area contributed by atoms with Crippen LogP contribution in [0.2, 0.25) is 0 Å². The molecule has 6 nitrogen and oxygen atoms in total. The Morgan fingerprint density at radius 3 is 2.31 bits per heavy atom. The molecular formula is C26H23NO5. The maximum absolute atomic E-state index is 13.0. The molecule has 0 bridgehead atoms. The second kappa shape index (κ2) is 9.39. The first-order chi connectivity index (χ1) is 15.5. The predicted molar refractivity (Wildman–Crippen MR) is 120 cm³/mol. The maximum atomic E-state index is 13.0. The molecule has 32 heavy (non-hydrogen) atoms. The summed E-state index contributed by atoms with van der Waals surface area (Å²) >= 11 is 0. The fraction of sp³-hybridized carbons (Fsp3) is 0.154. The highest BCUT2D eigenvalue weighted by Crippen LogP contribution is 2.30. The summed E-state index contributed by atoms with van der Waals surface area (Å²) in [6.07, 6.45) is 1.89. The third-order valence-corrected chi connectivity index (χ3v) is 5.43. The summed E-state index contributed by atoms with van der Waals surface area (Å²) in [5, 5.41) is 21.1. The van der Waals surface area contributed by atoms with E-state index in [1.54, 1.807) is 0 Å². The summed E-state index contributed by atoms with van der Waals surface area (Å²) in [4.78, 5) is 29.1. The highest BCUT2D eigenvalue weighted by molar-refractivity contribution is 6.02. The monoisotopic (exact) mass is 429 g/mol. The van der Waals surface area contributed by atoms with Crippen molar-refractivity contribution < 1.29 is 24.5 Å². The molecule has 3 N–H and O–H groups in total. The molecular weight excluding hydrogens is 406 g/mol. The Morgan fingerprint density at radius 2 is 1.56 bits per heavy atom. The van der Waals surface area contributed by atoms with Crippen LogP contribution in [0.4, 0.5) is 0 Å². The molecule has 0 fully saturated rings. The highest BCUT2D eigenvalue weighted by atomic mass is 16.5. The van der Waals surface area contributed by atoms with Gasteiger partial charge in [-0.05, 0) is 35.7 Å². The quantitative estimate of drug-likeness (QED) is 0.277. The third-order valence-electron chi connectivity index (χ3n) is 5.43. The zero-order valence-corrected chi connectivity index (χ0v) is 17.3. The first-order valence-corrected chi connectivity index (χ1v) is 10.3. The Labute approximate surface area is 185 Å². The number of phenols is 2. The van der Waals surface area contributed by atoms with Crippen LogP contribution >= 0.6 is 0 Å². The Kier molecular flexibility index (Phi) is 6.22. The van der Waals surface area contributed by atoms with Crippen LogP contribution in [0.25, 0.3) is 10.9 Å². The summed E-state index contributed by atoms with van der Waals surface area (Å²) in [5.41, 5.74) is 2.48. The van der Waals surface area contributed by atoms with Gasteiger partial charge >= 0.3 is 5.97 Å². The molecule has 0 aliphatic heterocycles. The molecule has 1 atom stereocenters. The van der Waals surface area contributed by atoms with E-state index in [1.165, 1.54) is 18.2 Å². The number of hydrogen-bond acceptors (Lipinski definition) is 5. The molecule has 1 heterocycles. The van der Waals surface area contributed by atoms with Crippen molar-refractivity contribution in [1.82, 2.24) is 4.98 Å². The van der Waals surface area contributed by atoms with E-state index in [-0.39, 0.29) is 36.5 Å². The van der Waals surface area contributed by atoms with E-state index in [0.29, 0.717) is 0 Å². The number of nitrogens with one attached hydrogen (secondary N) is 1. The molecule has 0 amide bonds. The van der Waals surface area contributed by atoms with Gasteiger partial charge in [-0.2, -0.15) is 0 Å². The zero-order chi connectivity index (χ0) is 22.5. The number of phenolic OH excluding ortho intramolecular Hbond substituents is 2. The van der Waals surface area contributed by atoms with E-state index in [4.69, 9.17) is 4.74 Å². The molecule has 4 aromatic rings. The standard InChI is InChI=1S/C26H23NO5/c28-22-11-6-12-23(29)25(22)24(30)14-18(26(31)32-16-17-7-2-1-3-8-17)13-19-15-27-21-10-5-4-9-20(19)21/h1-12,15,18,27-29H,13-14,16H2/t18-/m1/s1. The summed E-state index contributed by atoms with van der Waals surface area (Å²) in [5.74, 6) is -2.47. The lowest BCUT2D eigenvalue weighted by molar-refractivity contribution is -0.149. The number of para-hydroxylation sites is 1. The number of carbonyl (C=O) groups excluding carboxylic acids is 2. The predicted octanol–water partition coefficient (Wildman–Crippen LogP) is 4.75. The number of benzene rings is 3. The summed E-state index contributed by atoms with van der Waals surface area (Å²) in [7, 11) is 0. The van der Waals surface area contributed by atoms with E-state index < -0.39 is 17.7 Å². The van der Waals surface area contributed by atoms with E-state index >= 15 is 0 Å². The minimum atomic E-state index is -0.788. The smallest absolute Gasteiger partial charge is 0.310 e. The van der Waals surface area contributed by atoms with E-state index in [1.807, 2.05) is 60.8 Å². The van der Waals surface area contributed by atoms with Gasteiger partial charge in [0.05, 0.1) is 5.92 Å². The van der Waals surface area contributed by atoms with Gasteiger partial charge in [-0.1, -0.05) is 54.6 Å². The van der Waals surface area contributed by atoms with Crippen molar-refractivity contribution in [1.29, 1.82) is 0 Å². The Bertz CT molecular complexity index is 1230. The summed E-state index contributed by atoms with van der Waals surface area (Å²) < 4.78 is 5.52. The lowest BCUT2D eigenvalue weighted by atomic mass is 9.91. The van der Waals surface area contributed by atoms with Crippen molar-refractivity contribution in [3.8, 4) is 11.5 Å². The topological polar surface area (TPSA) is 99.6 Å². The summed E-state index contributed by atoms with van der Waals surface area (Å²) in [6, 6.07) is 21.1. The van der Waals surface area contributed by atoms with Gasteiger partial charge in [-0.25, -0.2) is 0 Å². The molecule has 0 aliphatic carbocycles. The molecule has 3 aromatic carbocycles. The zero-order valence-electron chi connectivity index (χ0n) is 17.3. The molecule has 0 unspecified atom stereocenters. The molecule has 0 radical (unpaired) electrons. The van der Waals surface area contributed by atoms with Gasteiger partial charge in [0.1, 0.15) is 23.7 Å². The van der Waals surface area contributed by atoms with Crippen molar-refractivity contribution in [2.45, 2.75) is 19.4 Å².